The molecule has 0 aromatic heterocycles. The van der Waals surface area contributed by atoms with Crippen molar-refractivity contribution in [3.8, 4) is 0 Å². The molecule has 0 fully saturated rings. The van der Waals surface area contributed by atoms with Gasteiger partial charge in [-0.25, -0.2) is 0 Å². The Morgan fingerprint density at radius 1 is 0.844 bits per heavy atom. The number of rotatable bonds is 13. The zero-order valence-electron chi connectivity index (χ0n) is 19.7. The van der Waals surface area contributed by atoms with Gasteiger partial charge in [-0.05, 0) is 44.1 Å². The van der Waals surface area contributed by atoms with Crippen LogP contribution in [0, 0.1) is 5.41 Å². The molecule has 7 nitrogen and oxygen atoms in total. The predicted octanol–water partition coefficient (Wildman–Crippen LogP) is 4.84. The topological polar surface area (TPSA) is 105 Å². The quantitative estimate of drug-likeness (QED) is 0.310. The van der Waals surface area contributed by atoms with Gasteiger partial charge >= 0.3 is 0 Å². The summed E-state index contributed by atoms with van der Waals surface area (Å²) in [7, 11) is -7.03. The maximum Gasteiger partial charge on any atom is 0.266 e. The Morgan fingerprint density at radius 3 is 1.66 bits per heavy atom. The van der Waals surface area contributed by atoms with Crippen molar-refractivity contribution in [3.05, 3.63) is 35.9 Å². The van der Waals surface area contributed by atoms with Crippen molar-refractivity contribution in [1.82, 2.24) is 5.32 Å². The molecule has 2 unspecified atom stereocenters. The van der Waals surface area contributed by atoms with Crippen LogP contribution in [0.2, 0.25) is 0 Å². The zero-order chi connectivity index (χ0) is 24.9. The molecule has 1 aromatic rings. The molecule has 11 heteroatoms. The highest BCUT2D eigenvalue weighted by molar-refractivity contribution is 8.27. The lowest BCUT2D eigenvalue weighted by atomic mass is 9.82. The van der Waals surface area contributed by atoms with Crippen LogP contribution >= 0.6 is 0 Å². The van der Waals surface area contributed by atoms with Gasteiger partial charge in [-0.15, -0.1) is 0 Å². The first-order valence-corrected chi connectivity index (χ1v) is 15.2. The van der Waals surface area contributed by atoms with Gasteiger partial charge in [0.1, 0.15) is 0 Å². The molecule has 0 bridgehead atoms. The first-order valence-electron chi connectivity index (χ1n) is 10.5. The fourth-order valence-electron chi connectivity index (χ4n) is 3.21. The highest BCUT2D eigenvalue weighted by Crippen LogP contribution is 2.26. The monoisotopic (exact) mass is 529 g/mol. The smallest absolute Gasteiger partial charge is 0.266 e. The summed E-state index contributed by atoms with van der Waals surface area (Å²) in [4.78, 5) is 0. The van der Waals surface area contributed by atoms with Crippen LogP contribution < -0.4 is 5.32 Å². The summed E-state index contributed by atoms with van der Waals surface area (Å²) in [6.45, 7) is 12.6. The van der Waals surface area contributed by atoms with E-state index >= 15 is 0 Å². The van der Waals surface area contributed by atoms with E-state index in [0.29, 0.717) is 18.3 Å². The molecule has 0 amide bonds. The summed E-state index contributed by atoms with van der Waals surface area (Å²) in [5, 5.41) is 3.63. The largest absolute Gasteiger partial charge is 0.308 e. The van der Waals surface area contributed by atoms with Crippen molar-refractivity contribution in [2.45, 2.75) is 78.8 Å². The van der Waals surface area contributed by atoms with E-state index in [4.69, 9.17) is 9.11 Å². The van der Waals surface area contributed by atoms with Crippen LogP contribution in [0.5, 0.6) is 0 Å². The molecular formula is C21H39NO6S4. The molecule has 0 aliphatic rings. The fourth-order valence-corrected chi connectivity index (χ4v) is 4.28. The first kappa shape index (κ1) is 31.8. The molecule has 0 aliphatic carbocycles. The summed E-state index contributed by atoms with van der Waals surface area (Å²) in [5.41, 5.74) is 1.91. The number of unbranched alkanes of at least 4 members (excludes halogenated alkanes) is 3. The summed E-state index contributed by atoms with van der Waals surface area (Å²) in [5.74, 6) is 0. The summed E-state index contributed by atoms with van der Waals surface area (Å²) in [6.07, 6.45) is 3.86. The SMILES string of the molecule is CC(C)(C)CC(C)(C)NCc1ccccc1.O=S(O)(=S)OCCCCCCOS(=O)(O)=S. The Hall–Kier alpha value is -0.240. The van der Waals surface area contributed by atoms with Crippen LogP contribution in [0.15, 0.2) is 30.3 Å². The minimum absolute atomic E-state index is 0.122. The van der Waals surface area contributed by atoms with Crippen LogP contribution in [-0.2, 0) is 55.4 Å². The molecular weight excluding hydrogens is 491 g/mol. The molecule has 1 rings (SSSR count). The maximum absolute atomic E-state index is 10.5. The molecule has 32 heavy (non-hydrogen) atoms. The third-order valence-corrected chi connectivity index (χ3v) is 5.60. The molecule has 0 saturated carbocycles. The van der Waals surface area contributed by atoms with Crippen molar-refractivity contribution < 1.29 is 25.9 Å². The van der Waals surface area contributed by atoms with Crippen molar-refractivity contribution >= 4 is 40.5 Å². The van der Waals surface area contributed by atoms with Crippen molar-refractivity contribution in [2.24, 2.45) is 5.41 Å². The zero-order valence-corrected chi connectivity index (χ0v) is 23.0. The average Bonchev–Trinajstić information content (AvgIpc) is 2.60. The minimum Gasteiger partial charge on any atom is -0.308 e. The van der Waals surface area contributed by atoms with Crippen molar-refractivity contribution in [3.63, 3.8) is 0 Å². The summed E-state index contributed by atoms with van der Waals surface area (Å²) in [6, 6.07) is 10.6. The van der Waals surface area contributed by atoms with Crippen LogP contribution in [-0.4, -0.2) is 36.3 Å². The summed E-state index contributed by atoms with van der Waals surface area (Å²) >= 11 is 8.23. The molecule has 0 saturated heterocycles. The van der Waals surface area contributed by atoms with Crippen LogP contribution in [0.25, 0.3) is 0 Å². The second-order valence-electron chi connectivity index (χ2n) is 9.37. The van der Waals surface area contributed by atoms with Crippen LogP contribution in [0.4, 0.5) is 0 Å². The molecule has 0 radical (unpaired) electrons. The molecule has 3 N–H and O–H groups in total. The highest BCUT2D eigenvalue weighted by atomic mass is 32.9. The van der Waals surface area contributed by atoms with Gasteiger partial charge in [0.05, 0.1) is 13.2 Å². The lowest BCUT2D eigenvalue weighted by molar-refractivity contribution is 0.240. The van der Waals surface area contributed by atoms with Gasteiger partial charge in [-0.3, -0.25) is 17.5 Å². The Morgan fingerprint density at radius 2 is 1.28 bits per heavy atom. The number of benzene rings is 1. The Kier molecular flexibility index (Phi) is 14.8. The van der Waals surface area contributed by atoms with Gasteiger partial charge in [-0.2, -0.15) is 8.42 Å². The van der Waals surface area contributed by atoms with Gasteiger partial charge in [0.2, 0.25) is 0 Å². The van der Waals surface area contributed by atoms with Crippen LogP contribution in [0.1, 0.15) is 72.3 Å². The van der Waals surface area contributed by atoms with E-state index in [1.165, 1.54) is 12.0 Å². The molecule has 188 valence electrons. The average molecular weight is 530 g/mol. The third kappa shape index (κ3) is 22.9. The number of hydrogen-bond acceptors (Lipinski definition) is 7. The Labute approximate surface area is 204 Å². The van der Waals surface area contributed by atoms with E-state index in [-0.39, 0.29) is 18.8 Å². The first-order chi connectivity index (χ1) is 14.5. The second kappa shape index (κ2) is 14.9. The van der Waals surface area contributed by atoms with E-state index in [1.807, 2.05) is 0 Å². The predicted molar refractivity (Wildman–Crippen MR) is 138 cm³/mol. The normalized spacial score (nSPS) is 15.8. The highest BCUT2D eigenvalue weighted by Gasteiger charge is 2.24. The minimum atomic E-state index is -3.52. The number of nitrogens with one attached hydrogen (secondary N) is 1. The number of hydrogen-bond donors (Lipinski definition) is 3. The van der Waals surface area contributed by atoms with E-state index in [0.717, 1.165) is 19.4 Å². The molecule has 0 aliphatic heterocycles. The third-order valence-electron chi connectivity index (χ3n) is 4.09. The van der Waals surface area contributed by atoms with E-state index in [2.05, 4.69) is 101 Å². The van der Waals surface area contributed by atoms with Gasteiger partial charge in [0.25, 0.3) is 18.1 Å². The van der Waals surface area contributed by atoms with Gasteiger partial charge in [-0.1, -0.05) is 63.9 Å². The Balaban J connectivity index is 0.000000601. The lowest BCUT2D eigenvalue weighted by Gasteiger charge is -2.33. The fraction of sp³-hybridized carbons (Fsp3) is 0.714. The standard InChI is InChI=1S/C15H25N.C6H14O6S4/c1-14(2,3)12-15(4,5)16-11-13-9-7-6-8-10-13;7-15(8,13)11-5-3-1-2-4-6-12-16(9,10)14/h6-10,16H,11-12H2,1-5H3;1-6H2,(H,7,8,13)(H,9,10,14). The Bertz CT molecular complexity index is 797. The van der Waals surface area contributed by atoms with Crippen LogP contribution in [0.3, 0.4) is 0 Å². The molecule has 2 atom stereocenters. The summed E-state index contributed by atoms with van der Waals surface area (Å²) < 4.78 is 47.0. The van der Waals surface area contributed by atoms with Gasteiger partial charge < -0.3 is 5.32 Å². The molecule has 0 spiro atoms. The van der Waals surface area contributed by atoms with Crippen molar-refractivity contribution in [2.75, 3.05) is 13.2 Å². The van der Waals surface area contributed by atoms with Gasteiger partial charge in [0, 0.05) is 34.5 Å². The lowest BCUT2D eigenvalue weighted by Crippen LogP contribution is -2.41. The van der Waals surface area contributed by atoms with Gasteiger partial charge in [0.15, 0.2) is 0 Å². The maximum atomic E-state index is 10.5. The van der Waals surface area contributed by atoms with E-state index in [9.17, 15) is 8.42 Å². The molecule has 0 heterocycles. The van der Waals surface area contributed by atoms with E-state index in [1.54, 1.807) is 0 Å². The second-order valence-corrected chi connectivity index (χ2v) is 14.1. The van der Waals surface area contributed by atoms with E-state index < -0.39 is 18.1 Å². The van der Waals surface area contributed by atoms with Crippen molar-refractivity contribution in [1.29, 1.82) is 0 Å². The molecule has 1 aromatic carbocycles.